The monoisotopic (exact) mass is 327 g/mol. The van der Waals surface area contributed by atoms with Crippen LogP contribution < -0.4 is 5.32 Å². The van der Waals surface area contributed by atoms with Crippen molar-refractivity contribution in [2.24, 2.45) is 0 Å². The molecule has 0 spiro atoms. The highest BCUT2D eigenvalue weighted by molar-refractivity contribution is 9.10. The van der Waals surface area contributed by atoms with Crippen LogP contribution in [-0.2, 0) is 9.53 Å². The third-order valence-electron chi connectivity index (χ3n) is 2.46. The standard InChI is InChI=1S/C14H18BrNO3/c1-19-10-12(17)8-9-16-14(18)7-6-11-4-2-3-5-13(11)15/h2-7,12,17H,8-10H2,1H3,(H,16,18)/b7-6+. The van der Waals surface area contributed by atoms with Crippen LogP contribution in [0.25, 0.3) is 6.08 Å². The van der Waals surface area contributed by atoms with Gasteiger partial charge >= 0.3 is 0 Å². The lowest BCUT2D eigenvalue weighted by Crippen LogP contribution is -2.27. The molecule has 0 bridgehead atoms. The average molecular weight is 328 g/mol. The second-order valence-electron chi connectivity index (χ2n) is 4.04. The van der Waals surface area contributed by atoms with E-state index in [1.807, 2.05) is 24.3 Å². The lowest BCUT2D eigenvalue weighted by atomic mass is 10.2. The number of aliphatic hydroxyl groups is 1. The maximum Gasteiger partial charge on any atom is 0.244 e. The molecule has 4 nitrogen and oxygen atoms in total. The number of methoxy groups -OCH3 is 1. The van der Waals surface area contributed by atoms with E-state index in [4.69, 9.17) is 4.74 Å². The molecule has 0 saturated heterocycles. The summed E-state index contributed by atoms with van der Waals surface area (Å²) in [6.07, 6.45) is 3.15. The SMILES string of the molecule is COCC(O)CCNC(=O)/C=C/c1ccccc1Br. The van der Waals surface area contributed by atoms with Crippen LogP contribution in [0.4, 0.5) is 0 Å². The first-order valence-corrected chi connectivity index (χ1v) is 6.80. The molecule has 2 N–H and O–H groups in total. The van der Waals surface area contributed by atoms with Gasteiger partial charge in [0.1, 0.15) is 0 Å². The first-order valence-electron chi connectivity index (χ1n) is 6.01. The number of rotatable bonds is 7. The van der Waals surface area contributed by atoms with Crippen LogP contribution in [0.1, 0.15) is 12.0 Å². The molecule has 1 rings (SSSR count). The Balaban J connectivity index is 2.33. The van der Waals surface area contributed by atoms with Gasteiger partial charge in [0, 0.05) is 24.2 Å². The highest BCUT2D eigenvalue weighted by Gasteiger charge is 2.03. The van der Waals surface area contributed by atoms with E-state index in [1.165, 1.54) is 13.2 Å². The maximum atomic E-state index is 11.5. The topological polar surface area (TPSA) is 58.6 Å². The Morgan fingerprint density at radius 2 is 2.26 bits per heavy atom. The van der Waals surface area contributed by atoms with Gasteiger partial charge in [0.2, 0.25) is 5.91 Å². The van der Waals surface area contributed by atoms with Crippen molar-refractivity contribution >= 4 is 27.9 Å². The Morgan fingerprint density at radius 3 is 2.95 bits per heavy atom. The smallest absolute Gasteiger partial charge is 0.244 e. The van der Waals surface area contributed by atoms with E-state index in [9.17, 15) is 9.90 Å². The number of halogens is 1. The van der Waals surface area contributed by atoms with Gasteiger partial charge < -0.3 is 15.2 Å². The van der Waals surface area contributed by atoms with Gasteiger partial charge in [-0.1, -0.05) is 34.1 Å². The normalized spacial score (nSPS) is 12.6. The van der Waals surface area contributed by atoms with Gasteiger partial charge in [0.25, 0.3) is 0 Å². The molecule has 0 aliphatic heterocycles. The van der Waals surface area contributed by atoms with Crippen LogP contribution in [0.2, 0.25) is 0 Å². The van der Waals surface area contributed by atoms with Crippen molar-refractivity contribution in [2.45, 2.75) is 12.5 Å². The van der Waals surface area contributed by atoms with Gasteiger partial charge in [-0.25, -0.2) is 0 Å². The van der Waals surface area contributed by atoms with Gasteiger partial charge in [-0.3, -0.25) is 4.79 Å². The number of hydrogen-bond donors (Lipinski definition) is 2. The van der Waals surface area contributed by atoms with Crippen LogP contribution in [0.5, 0.6) is 0 Å². The van der Waals surface area contributed by atoms with E-state index in [0.717, 1.165) is 10.0 Å². The predicted molar refractivity (Wildman–Crippen MR) is 78.7 cm³/mol. The molecule has 1 amide bonds. The molecule has 0 aliphatic rings. The first kappa shape index (κ1) is 15.9. The minimum Gasteiger partial charge on any atom is -0.391 e. The van der Waals surface area contributed by atoms with Crippen LogP contribution >= 0.6 is 15.9 Å². The Bertz CT molecular complexity index is 434. The van der Waals surface area contributed by atoms with Crippen molar-refractivity contribution in [1.82, 2.24) is 5.32 Å². The molecule has 0 saturated carbocycles. The number of carbonyl (C=O) groups excluding carboxylic acids is 1. The molecule has 0 fully saturated rings. The van der Waals surface area contributed by atoms with Gasteiger partial charge in [0.15, 0.2) is 0 Å². The largest absolute Gasteiger partial charge is 0.391 e. The summed E-state index contributed by atoms with van der Waals surface area (Å²) in [6.45, 7) is 0.701. The number of carbonyl (C=O) groups is 1. The molecule has 0 heterocycles. The third-order valence-corrected chi connectivity index (χ3v) is 3.18. The third kappa shape index (κ3) is 6.52. The minimum atomic E-state index is -0.544. The first-order chi connectivity index (χ1) is 9.13. The lowest BCUT2D eigenvalue weighted by molar-refractivity contribution is -0.116. The van der Waals surface area contributed by atoms with Crippen molar-refractivity contribution in [3.63, 3.8) is 0 Å². The summed E-state index contributed by atoms with van der Waals surface area (Å²) in [5, 5.41) is 12.1. The Kier molecular flexibility index (Phi) is 7.40. The Labute approximate surface area is 121 Å². The Morgan fingerprint density at radius 1 is 1.53 bits per heavy atom. The summed E-state index contributed by atoms with van der Waals surface area (Å²) in [4.78, 5) is 11.5. The van der Waals surface area contributed by atoms with Gasteiger partial charge in [-0.2, -0.15) is 0 Å². The second-order valence-corrected chi connectivity index (χ2v) is 4.90. The molecule has 5 heteroatoms. The second kappa shape index (κ2) is 8.85. The van der Waals surface area contributed by atoms with E-state index in [0.29, 0.717) is 13.0 Å². The van der Waals surface area contributed by atoms with E-state index in [1.54, 1.807) is 6.08 Å². The maximum absolute atomic E-state index is 11.5. The number of aliphatic hydroxyl groups excluding tert-OH is 1. The summed E-state index contributed by atoms with van der Waals surface area (Å²) >= 11 is 3.41. The molecule has 0 radical (unpaired) electrons. The highest BCUT2D eigenvalue weighted by atomic mass is 79.9. The van der Waals surface area contributed by atoms with Crippen molar-refractivity contribution < 1.29 is 14.6 Å². The molecule has 1 unspecified atom stereocenters. The summed E-state index contributed by atoms with van der Waals surface area (Å²) < 4.78 is 5.74. The van der Waals surface area contributed by atoms with Gasteiger partial charge in [-0.15, -0.1) is 0 Å². The molecule has 1 aromatic carbocycles. The zero-order valence-electron chi connectivity index (χ0n) is 10.8. The predicted octanol–water partition coefficient (Wildman–Crippen LogP) is 1.98. The number of amides is 1. The number of benzene rings is 1. The molecule has 1 aromatic rings. The molecule has 19 heavy (non-hydrogen) atoms. The highest BCUT2D eigenvalue weighted by Crippen LogP contribution is 2.16. The van der Waals surface area contributed by atoms with E-state index in [2.05, 4.69) is 21.2 Å². The number of hydrogen-bond acceptors (Lipinski definition) is 3. The molecule has 0 aromatic heterocycles. The molecular weight excluding hydrogens is 310 g/mol. The fraction of sp³-hybridized carbons (Fsp3) is 0.357. The van der Waals surface area contributed by atoms with E-state index in [-0.39, 0.29) is 12.5 Å². The van der Waals surface area contributed by atoms with Crippen molar-refractivity contribution in [3.8, 4) is 0 Å². The van der Waals surface area contributed by atoms with Crippen molar-refractivity contribution in [1.29, 1.82) is 0 Å². The molecule has 104 valence electrons. The molecule has 1 atom stereocenters. The summed E-state index contributed by atoms with van der Waals surface area (Å²) in [7, 11) is 1.53. The van der Waals surface area contributed by atoms with Crippen molar-refractivity contribution in [3.05, 3.63) is 40.4 Å². The fourth-order valence-electron chi connectivity index (χ4n) is 1.47. The summed E-state index contributed by atoms with van der Waals surface area (Å²) in [6, 6.07) is 7.65. The van der Waals surface area contributed by atoms with Gasteiger partial charge in [0.05, 0.1) is 12.7 Å². The van der Waals surface area contributed by atoms with Crippen LogP contribution in [-0.4, -0.2) is 37.4 Å². The quantitative estimate of drug-likeness (QED) is 0.753. The van der Waals surface area contributed by atoms with Crippen LogP contribution in [0, 0.1) is 0 Å². The van der Waals surface area contributed by atoms with E-state index < -0.39 is 6.10 Å². The molecule has 0 aliphatic carbocycles. The number of ether oxygens (including phenoxy) is 1. The zero-order valence-corrected chi connectivity index (χ0v) is 12.4. The minimum absolute atomic E-state index is 0.180. The zero-order chi connectivity index (χ0) is 14.1. The van der Waals surface area contributed by atoms with Crippen LogP contribution in [0.15, 0.2) is 34.8 Å². The lowest BCUT2D eigenvalue weighted by Gasteiger charge is -2.08. The summed E-state index contributed by atoms with van der Waals surface area (Å²) in [5.74, 6) is -0.180. The van der Waals surface area contributed by atoms with Gasteiger partial charge in [-0.05, 0) is 24.1 Å². The molecular formula is C14H18BrNO3. The fourth-order valence-corrected chi connectivity index (χ4v) is 1.89. The van der Waals surface area contributed by atoms with Crippen LogP contribution in [0.3, 0.4) is 0 Å². The summed E-state index contributed by atoms with van der Waals surface area (Å²) in [5.41, 5.74) is 0.942. The number of nitrogens with one attached hydrogen (secondary N) is 1. The van der Waals surface area contributed by atoms with E-state index >= 15 is 0 Å². The average Bonchev–Trinajstić information content (AvgIpc) is 2.38. The van der Waals surface area contributed by atoms with Crippen molar-refractivity contribution in [2.75, 3.05) is 20.3 Å². The Hall–Kier alpha value is -1.17.